The van der Waals surface area contributed by atoms with Gasteiger partial charge in [0.1, 0.15) is 32.7 Å². The molecule has 47 heavy (non-hydrogen) atoms. The van der Waals surface area contributed by atoms with Gasteiger partial charge in [0.25, 0.3) is 0 Å². The van der Waals surface area contributed by atoms with Crippen LogP contribution in [-0.2, 0) is 4.79 Å². The van der Waals surface area contributed by atoms with E-state index in [4.69, 9.17) is 29.6 Å². The van der Waals surface area contributed by atoms with E-state index < -0.39 is 12.6 Å². The maximum Gasteiger partial charge on any atom is 0.389 e. The molecule has 0 spiro atoms. The van der Waals surface area contributed by atoms with E-state index in [1.54, 1.807) is 31.7 Å². The van der Waals surface area contributed by atoms with Gasteiger partial charge in [0.05, 0.1) is 26.7 Å². The Hall–Kier alpha value is -3.25. The lowest BCUT2D eigenvalue weighted by Gasteiger charge is -2.18. The van der Waals surface area contributed by atoms with Crippen molar-refractivity contribution in [1.82, 2.24) is 29.9 Å². The van der Waals surface area contributed by atoms with E-state index in [-0.39, 0.29) is 47.9 Å². The molecule has 0 aliphatic rings. The number of hydrogen-bond donors (Lipinski definition) is 1. The van der Waals surface area contributed by atoms with Crippen LogP contribution in [-0.4, -0.2) is 73.8 Å². The van der Waals surface area contributed by atoms with Gasteiger partial charge in [-0.05, 0) is 6.92 Å². The number of thiazole rings is 2. The molecule has 0 unspecified atom stereocenters. The molecule has 1 amide bonds. The monoisotopic (exact) mass is 768 g/mol. The molecular weight excluding hydrogens is 743 g/mol. The highest BCUT2D eigenvalue weighted by Gasteiger charge is 2.26. The van der Waals surface area contributed by atoms with E-state index in [1.165, 1.54) is 40.2 Å². The minimum absolute atomic E-state index is 0. The molecule has 0 aliphatic carbocycles. The lowest BCUT2D eigenvalue weighted by atomic mass is 10.4. The molecule has 0 bridgehead atoms. The minimum Gasteiger partial charge on any atom is -0.363 e. The zero-order valence-electron chi connectivity index (χ0n) is 24.7. The molecule has 0 fully saturated rings. The van der Waals surface area contributed by atoms with Gasteiger partial charge >= 0.3 is 6.18 Å². The van der Waals surface area contributed by atoms with Gasteiger partial charge in [0, 0.05) is 53.8 Å². The van der Waals surface area contributed by atoms with Gasteiger partial charge < -0.3 is 5.32 Å². The van der Waals surface area contributed by atoms with Crippen molar-refractivity contribution in [2.24, 2.45) is 0 Å². The van der Waals surface area contributed by atoms with Crippen molar-refractivity contribution < 1.29 is 22.4 Å². The van der Waals surface area contributed by atoms with Crippen LogP contribution in [0.3, 0.4) is 0 Å². The molecule has 9 nitrogen and oxygen atoms in total. The normalized spacial score (nSPS) is 10.0. The second-order valence-corrected chi connectivity index (χ2v) is 12.1. The summed E-state index contributed by atoms with van der Waals surface area (Å²) in [5.74, 6) is 7.94. The lowest BCUT2D eigenvalue weighted by molar-refractivity contribution is -0.129. The summed E-state index contributed by atoms with van der Waals surface area (Å²) in [5, 5.41) is 6.21. The number of terminal acetylenes is 1. The van der Waals surface area contributed by atoms with Gasteiger partial charge in [0.15, 0.2) is 10.3 Å². The second-order valence-electron chi connectivity index (χ2n) is 8.20. The fraction of sp³-hybridized carbons (Fsp3) is 0.321. The van der Waals surface area contributed by atoms with Crippen molar-refractivity contribution in [3.05, 3.63) is 47.7 Å². The maximum atomic E-state index is 12.5. The number of hydrogen-bond acceptors (Lipinski definition) is 11. The van der Waals surface area contributed by atoms with E-state index in [0.29, 0.717) is 34.4 Å². The van der Waals surface area contributed by atoms with Gasteiger partial charge in [-0.3, -0.25) is 14.1 Å². The first kappa shape index (κ1) is 41.8. The Kier molecular flexibility index (Phi) is 19.9. The van der Waals surface area contributed by atoms with Crippen molar-refractivity contribution in [2.45, 2.75) is 25.9 Å². The summed E-state index contributed by atoms with van der Waals surface area (Å²) in [6.45, 7) is 2.34. The topological polar surface area (TPSA) is 110 Å². The highest BCUT2D eigenvalue weighted by molar-refractivity contribution is 7.99. The van der Waals surface area contributed by atoms with Crippen LogP contribution >= 0.6 is 70.0 Å². The summed E-state index contributed by atoms with van der Waals surface area (Å²) >= 11 is 15.9. The Morgan fingerprint density at radius 2 is 1.53 bits per heavy atom. The minimum atomic E-state index is -4.19. The van der Waals surface area contributed by atoms with Crippen LogP contribution in [0.25, 0.3) is 21.1 Å². The number of amides is 1. The van der Waals surface area contributed by atoms with Gasteiger partial charge in [0.2, 0.25) is 5.91 Å². The van der Waals surface area contributed by atoms with Crippen molar-refractivity contribution in [3.63, 3.8) is 0 Å². The Balaban J connectivity index is 0.000000475. The predicted molar refractivity (Wildman–Crippen MR) is 186 cm³/mol. The lowest BCUT2D eigenvalue weighted by Crippen LogP contribution is -2.31. The van der Waals surface area contributed by atoms with Crippen LogP contribution in [0.15, 0.2) is 37.4 Å². The number of nitrogens with one attached hydrogen (secondary N) is 1. The van der Waals surface area contributed by atoms with Gasteiger partial charge in [-0.15, -0.1) is 24.8 Å². The van der Waals surface area contributed by atoms with Gasteiger partial charge in [-0.25, -0.2) is 29.9 Å². The van der Waals surface area contributed by atoms with E-state index in [1.807, 2.05) is 0 Å². The summed E-state index contributed by atoms with van der Waals surface area (Å²) in [6.07, 6.45) is 9.71. The first-order valence-electron chi connectivity index (χ1n) is 12.9. The smallest absolute Gasteiger partial charge is 0.363 e. The Morgan fingerprint density at radius 1 is 0.979 bits per heavy atom. The molecule has 252 valence electrons. The van der Waals surface area contributed by atoms with Crippen molar-refractivity contribution >= 4 is 86.0 Å². The largest absolute Gasteiger partial charge is 0.389 e. The molecule has 0 atom stereocenters. The van der Waals surface area contributed by atoms with E-state index >= 15 is 0 Å². The molecule has 0 aromatic carbocycles. The number of anilines is 2. The van der Waals surface area contributed by atoms with Crippen molar-refractivity contribution in [3.8, 4) is 45.3 Å². The van der Waals surface area contributed by atoms with E-state index in [9.17, 15) is 22.4 Å². The average Bonchev–Trinajstić information content (AvgIpc) is 3.63. The fourth-order valence-electron chi connectivity index (χ4n) is 3.10. The molecule has 4 rings (SSSR count). The van der Waals surface area contributed by atoms with Crippen LogP contribution in [0, 0.1) is 24.2 Å². The summed E-state index contributed by atoms with van der Waals surface area (Å²) < 4.78 is 45.9. The van der Waals surface area contributed by atoms with Gasteiger partial charge in [-0.1, -0.05) is 57.7 Å². The molecule has 0 radical (unpaired) electrons. The maximum absolute atomic E-state index is 12.5. The quantitative estimate of drug-likeness (QED) is 0.0923. The number of rotatable bonds is 11. The summed E-state index contributed by atoms with van der Waals surface area (Å²) in [5.41, 5.74) is 1.50. The first-order chi connectivity index (χ1) is 22.1. The zero-order chi connectivity index (χ0) is 34.0. The Morgan fingerprint density at radius 3 is 2.06 bits per heavy atom. The number of carbonyl (C=O) groups excluding carboxylic acids is 1. The third kappa shape index (κ3) is 14.6. The number of nitrogens with zero attached hydrogens (tertiary/aromatic N) is 7. The zero-order valence-corrected chi connectivity index (χ0v) is 29.5. The Labute approximate surface area is 297 Å². The van der Waals surface area contributed by atoms with Crippen LogP contribution in [0.5, 0.6) is 0 Å². The molecule has 4 aromatic rings. The number of carbonyl (C=O) groups is 1. The van der Waals surface area contributed by atoms with Crippen LogP contribution in [0.4, 0.5) is 27.6 Å². The first-order valence-corrected chi connectivity index (χ1v) is 16.4. The van der Waals surface area contributed by atoms with Crippen molar-refractivity contribution in [1.29, 1.82) is 0 Å². The highest BCUT2D eigenvalue weighted by Crippen LogP contribution is 2.38. The molecular formula is C28H27Cl3F4N8OS3. The number of aromatic nitrogens is 6. The van der Waals surface area contributed by atoms with Crippen LogP contribution < -0.4 is 10.2 Å². The predicted octanol–water partition coefficient (Wildman–Crippen LogP) is 7.99. The summed E-state index contributed by atoms with van der Waals surface area (Å²) in [4.78, 5) is 38.0. The number of halogens is 7. The van der Waals surface area contributed by atoms with Crippen LogP contribution in [0.1, 0.15) is 19.8 Å². The molecule has 0 saturated heterocycles. The molecule has 4 heterocycles. The molecule has 19 heteroatoms. The van der Waals surface area contributed by atoms with E-state index in [0.717, 1.165) is 27.3 Å². The number of thioether (sulfide) groups is 1. The van der Waals surface area contributed by atoms with Gasteiger partial charge in [-0.2, -0.15) is 24.9 Å². The molecule has 0 aliphatic heterocycles. The molecule has 1 N–H and O–H groups in total. The highest BCUT2D eigenvalue weighted by atomic mass is 35.5. The SMILES string of the molecule is C#CCN(C(=O)CCSCCC(F)(F)F)c1sc(-c2cncnc2)nc1Cl.CC#CCNc1sc(-c2cncnc2)nc1Cl.CF.Cl. The third-order valence-corrected chi connectivity index (χ3v) is 9.01. The standard InChI is InChI=1S/C16H14ClF3N4OS2.C11H9ClN4S.CH3F.ClH/c1-2-5-24(12(25)3-6-26-7-4-16(18,19)20)15-13(17)23-14(27-15)11-8-21-10-22-9-11;1-2-3-4-15-11-9(12)16-10(17-11)8-5-13-7-14-6-8;1-2;/h1,8-10H,3-7H2;5-7,15H,4H2,1H3;1H3;1H. The molecule has 4 aromatic heterocycles. The average molecular weight is 770 g/mol. The second kappa shape index (κ2) is 22.3. The van der Waals surface area contributed by atoms with Crippen molar-refractivity contribution in [2.75, 3.05) is 42.0 Å². The number of alkyl halides is 4. The van der Waals surface area contributed by atoms with E-state index in [2.05, 4.69) is 53.0 Å². The fourth-order valence-corrected chi connectivity index (χ4v) is 6.44. The van der Waals surface area contributed by atoms with Crippen LogP contribution in [0.2, 0.25) is 10.3 Å². The summed E-state index contributed by atoms with van der Waals surface area (Å²) in [6, 6.07) is 0. The summed E-state index contributed by atoms with van der Waals surface area (Å²) in [7, 11) is 0.500. The molecule has 0 saturated carbocycles. The Bertz CT molecular complexity index is 1610. The third-order valence-electron chi connectivity index (χ3n) is 5.07.